The van der Waals surface area contributed by atoms with Gasteiger partial charge in [0.1, 0.15) is 5.60 Å². The van der Waals surface area contributed by atoms with Crippen LogP contribution in [0.5, 0.6) is 0 Å². The lowest BCUT2D eigenvalue weighted by Crippen LogP contribution is -2.49. The topological polar surface area (TPSA) is 69.4 Å². The predicted molar refractivity (Wildman–Crippen MR) is 122 cm³/mol. The van der Waals surface area contributed by atoms with Crippen LogP contribution in [0.25, 0.3) is 16.7 Å². The van der Waals surface area contributed by atoms with E-state index >= 15 is 0 Å². The number of primary amides is 1. The Morgan fingerprint density at radius 1 is 1.03 bits per heavy atom. The molecule has 0 atom stereocenters. The van der Waals surface area contributed by atoms with Crippen molar-refractivity contribution in [3.63, 3.8) is 0 Å². The van der Waals surface area contributed by atoms with Gasteiger partial charge in [-0.1, -0.05) is 36.7 Å². The van der Waals surface area contributed by atoms with Crippen molar-refractivity contribution >= 4 is 28.9 Å². The van der Waals surface area contributed by atoms with Crippen LogP contribution in [0.3, 0.4) is 0 Å². The zero-order valence-corrected chi connectivity index (χ0v) is 19.1. The maximum Gasteiger partial charge on any atom is 0.250 e. The molecule has 0 saturated heterocycles. The molecule has 0 radical (unpaired) electrons. The summed E-state index contributed by atoms with van der Waals surface area (Å²) in [7, 11) is 0. The molecule has 0 unspecified atom stereocenters. The van der Waals surface area contributed by atoms with Gasteiger partial charge in [-0.3, -0.25) is 9.59 Å². The molecule has 2 aromatic rings. The molecule has 1 heterocycles. The fourth-order valence-electron chi connectivity index (χ4n) is 4.05. The van der Waals surface area contributed by atoms with Crippen LogP contribution in [0.1, 0.15) is 63.0 Å². The Morgan fingerprint density at radius 3 is 2.23 bits per heavy atom. The van der Waals surface area contributed by atoms with Crippen molar-refractivity contribution in [2.45, 2.75) is 59.2 Å². The predicted octanol–water partition coefficient (Wildman–Crippen LogP) is 5.60. The minimum absolute atomic E-state index is 0.0277. The van der Waals surface area contributed by atoms with Crippen LogP contribution in [0.2, 0.25) is 5.02 Å². The number of hydrogen-bond donors (Lipinski definition) is 1. The van der Waals surface area contributed by atoms with E-state index in [0.717, 1.165) is 34.2 Å². The molecule has 2 aromatic carbocycles. The maximum atomic E-state index is 13.4. The highest BCUT2D eigenvalue weighted by molar-refractivity contribution is 6.34. The van der Waals surface area contributed by atoms with Gasteiger partial charge in [-0.15, -0.1) is 0 Å². The fraction of sp³-hybridized carbons (Fsp3) is 0.360. The molecule has 5 heteroatoms. The van der Waals surface area contributed by atoms with E-state index in [1.807, 2.05) is 58.9 Å². The molecule has 158 valence electrons. The molecule has 1 aliphatic rings. The summed E-state index contributed by atoms with van der Waals surface area (Å²) in [6, 6.07) is 11.2. The summed E-state index contributed by atoms with van der Waals surface area (Å²) in [5.41, 5.74) is 9.55. The second-order valence-corrected chi connectivity index (χ2v) is 9.14. The van der Waals surface area contributed by atoms with E-state index in [9.17, 15) is 9.59 Å². The van der Waals surface area contributed by atoms with Crippen molar-refractivity contribution in [1.82, 2.24) is 0 Å². The summed E-state index contributed by atoms with van der Waals surface area (Å²) in [5.74, 6) is -0.603. The molecule has 30 heavy (non-hydrogen) atoms. The van der Waals surface area contributed by atoms with Crippen molar-refractivity contribution < 1.29 is 14.3 Å². The third-order valence-electron chi connectivity index (χ3n) is 5.89. The molecule has 0 aliphatic carbocycles. The van der Waals surface area contributed by atoms with Crippen LogP contribution < -0.4 is 5.73 Å². The molecule has 0 saturated carbocycles. The molecule has 1 aliphatic heterocycles. The van der Waals surface area contributed by atoms with E-state index in [1.165, 1.54) is 0 Å². The average molecular weight is 426 g/mol. The number of rotatable bonds is 4. The summed E-state index contributed by atoms with van der Waals surface area (Å²) in [6.45, 7) is 11.6. The van der Waals surface area contributed by atoms with Crippen molar-refractivity contribution in [2.75, 3.05) is 0 Å². The first-order chi connectivity index (χ1) is 13.9. The smallest absolute Gasteiger partial charge is 0.250 e. The van der Waals surface area contributed by atoms with Gasteiger partial charge in [0.15, 0.2) is 5.78 Å². The van der Waals surface area contributed by atoms with Crippen LogP contribution in [0, 0.1) is 0 Å². The average Bonchev–Trinajstić information content (AvgIpc) is 2.66. The van der Waals surface area contributed by atoms with Gasteiger partial charge < -0.3 is 10.5 Å². The minimum atomic E-state index is -0.918. The highest BCUT2D eigenvalue weighted by Gasteiger charge is 2.45. The first-order valence-corrected chi connectivity index (χ1v) is 10.5. The number of halogens is 1. The van der Waals surface area contributed by atoms with Crippen molar-refractivity contribution in [1.29, 1.82) is 0 Å². The first-order valence-electron chi connectivity index (χ1n) is 10.1. The number of Topliss-reactive ketones (excluding diaryl/α,β-unsaturated/α-hetero) is 1. The van der Waals surface area contributed by atoms with Crippen LogP contribution in [0.4, 0.5) is 0 Å². The van der Waals surface area contributed by atoms with E-state index in [2.05, 4.69) is 6.92 Å². The number of aryl methyl sites for hydroxylation is 1. The Hall–Kier alpha value is -2.43. The van der Waals surface area contributed by atoms with Gasteiger partial charge in [-0.25, -0.2) is 0 Å². The van der Waals surface area contributed by atoms with Gasteiger partial charge in [0.25, 0.3) is 0 Å². The SMILES string of the molecule is CCc1ccc(-c2ccc(Cl)c(C(N)=O)c2)cc1C1=C(C)C(C)(C)OC(C)(C)C1=O. The van der Waals surface area contributed by atoms with E-state index in [0.29, 0.717) is 10.6 Å². The molecule has 4 nitrogen and oxygen atoms in total. The van der Waals surface area contributed by atoms with Gasteiger partial charge in [-0.2, -0.15) is 0 Å². The van der Waals surface area contributed by atoms with E-state index < -0.39 is 17.1 Å². The molecule has 0 fully saturated rings. The van der Waals surface area contributed by atoms with Crippen LogP contribution in [-0.4, -0.2) is 22.9 Å². The van der Waals surface area contributed by atoms with Crippen molar-refractivity contribution in [2.24, 2.45) is 5.73 Å². The third kappa shape index (κ3) is 3.82. The molecular formula is C25H28ClNO3. The standard InChI is InChI=1S/C25H28ClNO3/c1-7-15-8-9-16(17-10-11-20(26)19(13-17)23(27)29)12-18(15)21-14(2)24(3,4)30-25(5,6)22(21)28/h8-13H,7H2,1-6H3,(H2,27,29). The second kappa shape index (κ2) is 7.68. The molecule has 0 spiro atoms. The molecular weight excluding hydrogens is 398 g/mol. The van der Waals surface area contributed by atoms with Gasteiger partial charge in [0.2, 0.25) is 5.91 Å². The van der Waals surface area contributed by atoms with Gasteiger partial charge in [0.05, 0.1) is 16.2 Å². The highest BCUT2D eigenvalue weighted by Crippen LogP contribution is 2.42. The number of ketones is 1. The van der Waals surface area contributed by atoms with Gasteiger partial charge in [-0.05, 0) is 87.1 Å². The Balaban J connectivity index is 2.25. The largest absolute Gasteiger partial charge is 0.366 e. The number of carbonyl (C=O) groups is 2. The molecule has 1 amide bonds. The Kier molecular flexibility index (Phi) is 5.70. The quantitative estimate of drug-likeness (QED) is 0.693. The lowest BCUT2D eigenvalue weighted by atomic mass is 9.77. The second-order valence-electron chi connectivity index (χ2n) is 8.74. The van der Waals surface area contributed by atoms with E-state index in [-0.39, 0.29) is 11.3 Å². The number of benzene rings is 2. The highest BCUT2D eigenvalue weighted by atomic mass is 35.5. The Labute approximate surface area is 183 Å². The van der Waals surface area contributed by atoms with Crippen molar-refractivity contribution in [3.05, 3.63) is 63.7 Å². The van der Waals surface area contributed by atoms with Gasteiger partial charge >= 0.3 is 0 Å². The number of carbonyl (C=O) groups excluding carboxylic acids is 2. The summed E-state index contributed by atoms with van der Waals surface area (Å²) in [4.78, 5) is 25.1. The molecule has 0 aromatic heterocycles. The maximum absolute atomic E-state index is 13.4. The lowest BCUT2D eigenvalue weighted by molar-refractivity contribution is -0.152. The fourth-order valence-corrected chi connectivity index (χ4v) is 4.26. The molecule has 0 bridgehead atoms. The Morgan fingerprint density at radius 2 is 1.63 bits per heavy atom. The van der Waals surface area contributed by atoms with Crippen LogP contribution >= 0.6 is 11.6 Å². The number of amides is 1. The normalized spacial score (nSPS) is 17.9. The van der Waals surface area contributed by atoms with Crippen LogP contribution in [0.15, 0.2) is 42.0 Å². The Bertz CT molecular complexity index is 1080. The van der Waals surface area contributed by atoms with Gasteiger partial charge in [0, 0.05) is 5.57 Å². The molecule has 3 rings (SSSR count). The monoisotopic (exact) mass is 425 g/mol. The molecule has 2 N–H and O–H groups in total. The van der Waals surface area contributed by atoms with Crippen molar-refractivity contribution in [3.8, 4) is 11.1 Å². The minimum Gasteiger partial charge on any atom is -0.366 e. The number of hydrogen-bond acceptors (Lipinski definition) is 3. The number of nitrogens with two attached hydrogens (primary N) is 1. The summed E-state index contributed by atoms with van der Waals surface area (Å²) in [6.07, 6.45) is 0.786. The summed E-state index contributed by atoms with van der Waals surface area (Å²) in [5, 5.41) is 0.318. The van der Waals surface area contributed by atoms with E-state index in [4.69, 9.17) is 22.1 Å². The lowest BCUT2D eigenvalue weighted by Gasteiger charge is -2.42. The first kappa shape index (κ1) is 22.3. The zero-order chi connectivity index (χ0) is 22.4. The third-order valence-corrected chi connectivity index (χ3v) is 6.22. The summed E-state index contributed by atoms with van der Waals surface area (Å²) >= 11 is 6.11. The van der Waals surface area contributed by atoms with E-state index in [1.54, 1.807) is 12.1 Å². The summed E-state index contributed by atoms with van der Waals surface area (Å²) < 4.78 is 6.11. The number of ether oxygens (including phenoxy) is 1. The van der Waals surface area contributed by atoms with Crippen LogP contribution in [-0.2, 0) is 16.0 Å². The zero-order valence-electron chi connectivity index (χ0n) is 18.4.